The third-order valence-electron chi connectivity index (χ3n) is 2.71. The van der Waals surface area contributed by atoms with Gasteiger partial charge >= 0.3 is 0 Å². The van der Waals surface area contributed by atoms with E-state index in [1.54, 1.807) is 0 Å². The molecule has 0 radical (unpaired) electrons. The molecule has 1 aliphatic rings. The number of nitrogens with zero attached hydrogens (tertiary/aromatic N) is 1. The molecule has 15 heavy (non-hydrogen) atoms. The number of hydrogen-bond acceptors (Lipinski definition) is 3. The van der Waals surface area contributed by atoms with Crippen molar-refractivity contribution < 1.29 is 0 Å². The van der Waals surface area contributed by atoms with Gasteiger partial charge in [0.05, 0.1) is 0 Å². The first-order valence-corrected chi connectivity index (χ1v) is 6.31. The normalized spacial score (nSPS) is 18.4. The Morgan fingerprint density at radius 1 is 1.20 bits per heavy atom. The lowest BCUT2D eigenvalue weighted by atomic mass is 10.1. The Balaban J connectivity index is 0.000000583. The van der Waals surface area contributed by atoms with Crippen LogP contribution in [-0.4, -0.2) is 44.7 Å². The molecule has 92 valence electrons. The van der Waals surface area contributed by atoms with E-state index < -0.39 is 0 Å². The van der Waals surface area contributed by atoms with E-state index in [0.29, 0.717) is 6.04 Å². The number of unbranched alkanes of at least 4 members (excludes halogenated alkanes) is 2. The molecule has 0 aliphatic carbocycles. The Labute approximate surface area is 95.4 Å². The maximum absolute atomic E-state index is 5.83. The van der Waals surface area contributed by atoms with Crippen LogP contribution in [0, 0.1) is 0 Å². The first-order chi connectivity index (χ1) is 7.24. The second-order valence-electron chi connectivity index (χ2n) is 4.39. The number of likely N-dealkylation sites (tertiary alicyclic amines) is 1. The first kappa shape index (κ1) is 14.9. The second-order valence-corrected chi connectivity index (χ2v) is 4.39. The predicted molar refractivity (Wildman–Crippen MR) is 68.2 cm³/mol. The van der Waals surface area contributed by atoms with Crippen LogP contribution in [0.4, 0.5) is 0 Å². The molecule has 0 spiro atoms. The van der Waals surface area contributed by atoms with Crippen molar-refractivity contribution in [1.82, 2.24) is 10.2 Å². The van der Waals surface area contributed by atoms with E-state index in [1.165, 1.54) is 51.7 Å². The molecule has 0 saturated carbocycles. The Morgan fingerprint density at radius 2 is 1.73 bits per heavy atom. The summed E-state index contributed by atoms with van der Waals surface area (Å²) < 4.78 is 0. The minimum Gasteiger partial charge on any atom is -0.328 e. The minimum absolute atomic E-state index is 0.479. The molecule has 0 aromatic rings. The van der Waals surface area contributed by atoms with Crippen molar-refractivity contribution in [3.05, 3.63) is 0 Å². The van der Waals surface area contributed by atoms with E-state index in [1.807, 2.05) is 14.1 Å². The van der Waals surface area contributed by atoms with Crippen LogP contribution in [0.15, 0.2) is 0 Å². The van der Waals surface area contributed by atoms with Gasteiger partial charge in [-0.3, -0.25) is 0 Å². The molecule has 0 amide bonds. The van der Waals surface area contributed by atoms with Crippen LogP contribution in [0.25, 0.3) is 0 Å². The molecule has 0 aromatic carbocycles. The molecule has 0 atom stereocenters. The Kier molecular flexibility index (Phi) is 10.3. The van der Waals surface area contributed by atoms with E-state index in [-0.39, 0.29) is 0 Å². The molecule has 1 rings (SSSR count). The SMILES string of the molecule is CCCCCN1CCC(N)CC1.CNC. The highest BCUT2D eigenvalue weighted by Crippen LogP contribution is 2.09. The molecule has 3 nitrogen and oxygen atoms in total. The van der Waals surface area contributed by atoms with Gasteiger partial charge in [-0.25, -0.2) is 0 Å². The van der Waals surface area contributed by atoms with Crippen molar-refractivity contribution in [2.45, 2.75) is 45.1 Å². The molecule has 1 fully saturated rings. The number of nitrogens with one attached hydrogen (secondary N) is 1. The van der Waals surface area contributed by atoms with E-state index in [0.717, 1.165) is 0 Å². The third-order valence-corrected chi connectivity index (χ3v) is 2.71. The largest absolute Gasteiger partial charge is 0.328 e. The van der Waals surface area contributed by atoms with Gasteiger partial charge in [-0.2, -0.15) is 0 Å². The molecule has 1 aliphatic heterocycles. The molecule has 0 bridgehead atoms. The lowest BCUT2D eigenvalue weighted by molar-refractivity contribution is 0.209. The van der Waals surface area contributed by atoms with E-state index in [2.05, 4.69) is 17.1 Å². The Bertz CT molecular complexity index is 120. The van der Waals surface area contributed by atoms with Crippen LogP contribution in [-0.2, 0) is 0 Å². The van der Waals surface area contributed by atoms with Gasteiger partial charge in [-0.15, -0.1) is 0 Å². The van der Waals surface area contributed by atoms with Crippen molar-refractivity contribution in [3.63, 3.8) is 0 Å². The zero-order chi connectivity index (χ0) is 11.5. The van der Waals surface area contributed by atoms with Crippen molar-refractivity contribution in [2.75, 3.05) is 33.7 Å². The highest BCUT2D eigenvalue weighted by molar-refractivity contribution is 4.73. The highest BCUT2D eigenvalue weighted by atomic mass is 15.1. The van der Waals surface area contributed by atoms with Gasteiger partial charge < -0.3 is 16.0 Å². The fourth-order valence-corrected chi connectivity index (χ4v) is 1.76. The number of rotatable bonds is 4. The van der Waals surface area contributed by atoms with E-state index in [9.17, 15) is 0 Å². The van der Waals surface area contributed by atoms with Crippen LogP contribution in [0.2, 0.25) is 0 Å². The molecule has 0 aromatic heterocycles. The molecule has 1 saturated heterocycles. The van der Waals surface area contributed by atoms with Crippen LogP contribution in [0.5, 0.6) is 0 Å². The summed E-state index contributed by atoms with van der Waals surface area (Å²) >= 11 is 0. The topological polar surface area (TPSA) is 41.3 Å². The molecule has 0 unspecified atom stereocenters. The Morgan fingerprint density at radius 3 is 2.20 bits per heavy atom. The van der Waals surface area contributed by atoms with Crippen LogP contribution >= 0.6 is 0 Å². The first-order valence-electron chi connectivity index (χ1n) is 6.31. The molecular formula is C12H29N3. The summed E-state index contributed by atoms with van der Waals surface area (Å²) in [6.07, 6.45) is 6.47. The summed E-state index contributed by atoms with van der Waals surface area (Å²) in [6, 6.07) is 0.479. The Hall–Kier alpha value is -0.120. The lowest BCUT2D eigenvalue weighted by Crippen LogP contribution is -2.39. The average molecular weight is 215 g/mol. The van der Waals surface area contributed by atoms with Gasteiger partial charge in [0, 0.05) is 6.04 Å². The number of piperidine rings is 1. The monoisotopic (exact) mass is 215 g/mol. The molecular weight excluding hydrogens is 186 g/mol. The van der Waals surface area contributed by atoms with Crippen molar-refractivity contribution in [1.29, 1.82) is 0 Å². The predicted octanol–water partition coefficient (Wildman–Crippen LogP) is 1.44. The van der Waals surface area contributed by atoms with Gasteiger partial charge in [0.25, 0.3) is 0 Å². The highest BCUT2D eigenvalue weighted by Gasteiger charge is 2.14. The summed E-state index contributed by atoms with van der Waals surface area (Å²) in [7, 11) is 3.75. The molecule has 3 heteroatoms. The standard InChI is InChI=1S/C10H22N2.C2H7N/c1-2-3-4-7-12-8-5-10(11)6-9-12;1-3-2/h10H,2-9,11H2,1H3;3H,1-2H3. The second kappa shape index (κ2) is 10.4. The zero-order valence-corrected chi connectivity index (χ0v) is 10.8. The van der Waals surface area contributed by atoms with E-state index >= 15 is 0 Å². The van der Waals surface area contributed by atoms with E-state index in [4.69, 9.17) is 5.73 Å². The summed E-state index contributed by atoms with van der Waals surface area (Å²) in [5.74, 6) is 0. The minimum atomic E-state index is 0.479. The summed E-state index contributed by atoms with van der Waals surface area (Å²) in [5.41, 5.74) is 5.83. The van der Waals surface area contributed by atoms with Gasteiger partial charge in [0.2, 0.25) is 0 Å². The van der Waals surface area contributed by atoms with Crippen molar-refractivity contribution in [3.8, 4) is 0 Å². The summed E-state index contributed by atoms with van der Waals surface area (Å²) in [5, 5.41) is 2.75. The van der Waals surface area contributed by atoms with Crippen LogP contribution in [0.3, 0.4) is 0 Å². The maximum Gasteiger partial charge on any atom is 0.00631 e. The molecule has 1 heterocycles. The average Bonchev–Trinajstić information content (AvgIpc) is 2.23. The van der Waals surface area contributed by atoms with Crippen LogP contribution < -0.4 is 11.1 Å². The van der Waals surface area contributed by atoms with Gasteiger partial charge in [-0.05, 0) is 53.0 Å². The smallest absolute Gasteiger partial charge is 0.00631 e. The summed E-state index contributed by atoms with van der Waals surface area (Å²) in [4.78, 5) is 2.55. The summed E-state index contributed by atoms with van der Waals surface area (Å²) in [6.45, 7) is 6.00. The third kappa shape index (κ3) is 8.85. The van der Waals surface area contributed by atoms with Gasteiger partial charge in [-0.1, -0.05) is 19.8 Å². The maximum atomic E-state index is 5.83. The number of nitrogens with two attached hydrogens (primary N) is 1. The lowest BCUT2D eigenvalue weighted by Gasteiger charge is -2.29. The number of hydrogen-bond donors (Lipinski definition) is 2. The van der Waals surface area contributed by atoms with Gasteiger partial charge in [0.15, 0.2) is 0 Å². The fourth-order valence-electron chi connectivity index (χ4n) is 1.76. The van der Waals surface area contributed by atoms with Gasteiger partial charge in [0.1, 0.15) is 0 Å². The van der Waals surface area contributed by atoms with Crippen molar-refractivity contribution in [2.24, 2.45) is 5.73 Å². The van der Waals surface area contributed by atoms with Crippen LogP contribution in [0.1, 0.15) is 39.0 Å². The molecule has 3 N–H and O–H groups in total. The zero-order valence-electron chi connectivity index (χ0n) is 10.8. The fraction of sp³-hybridized carbons (Fsp3) is 1.00. The quantitative estimate of drug-likeness (QED) is 0.697. The van der Waals surface area contributed by atoms with Crippen molar-refractivity contribution >= 4 is 0 Å².